The molecular formula is C20H18N5O4S+. The van der Waals surface area contributed by atoms with Gasteiger partial charge in [0.05, 0.1) is 11.4 Å². The van der Waals surface area contributed by atoms with Gasteiger partial charge in [0.2, 0.25) is 12.1 Å². The van der Waals surface area contributed by atoms with Crippen LogP contribution in [0.3, 0.4) is 0 Å². The van der Waals surface area contributed by atoms with Crippen molar-refractivity contribution >= 4 is 39.0 Å². The zero-order valence-electron chi connectivity index (χ0n) is 16.2. The number of hydrogen-bond donors (Lipinski definition) is 2. The van der Waals surface area contributed by atoms with Crippen LogP contribution in [0.1, 0.15) is 29.6 Å². The summed E-state index contributed by atoms with van der Waals surface area (Å²) in [7, 11) is 0. The van der Waals surface area contributed by atoms with Crippen LogP contribution in [0, 0.1) is 0 Å². The van der Waals surface area contributed by atoms with Gasteiger partial charge in [0.15, 0.2) is 17.5 Å². The van der Waals surface area contributed by atoms with Gasteiger partial charge in [0, 0.05) is 10.9 Å². The first-order valence-electron chi connectivity index (χ1n) is 9.28. The van der Waals surface area contributed by atoms with Crippen molar-refractivity contribution in [2.45, 2.75) is 19.9 Å². The molecule has 0 unspecified atom stereocenters. The highest BCUT2D eigenvalue weighted by molar-refractivity contribution is 7.21. The van der Waals surface area contributed by atoms with Gasteiger partial charge >= 0.3 is 5.88 Å². The number of thiophene rings is 1. The van der Waals surface area contributed by atoms with Crippen molar-refractivity contribution < 1.29 is 23.5 Å². The molecule has 10 heteroatoms. The summed E-state index contributed by atoms with van der Waals surface area (Å²) in [5.74, 6) is 1.28. The Labute approximate surface area is 175 Å². The van der Waals surface area contributed by atoms with Crippen molar-refractivity contribution in [2.24, 2.45) is 0 Å². The minimum absolute atomic E-state index is 0.118. The van der Waals surface area contributed by atoms with Crippen LogP contribution in [0.15, 0.2) is 41.1 Å². The molecule has 0 fully saturated rings. The number of anilines is 2. The Bertz CT molecular complexity index is 1280. The molecule has 1 aliphatic heterocycles. The van der Waals surface area contributed by atoms with Gasteiger partial charge in [0.1, 0.15) is 9.71 Å². The predicted molar refractivity (Wildman–Crippen MR) is 111 cm³/mol. The van der Waals surface area contributed by atoms with Crippen LogP contribution in [-0.2, 0) is 0 Å². The molecule has 30 heavy (non-hydrogen) atoms. The highest BCUT2D eigenvalue weighted by Crippen LogP contribution is 2.38. The molecule has 1 aliphatic rings. The van der Waals surface area contributed by atoms with E-state index in [9.17, 15) is 4.79 Å². The molecule has 0 saturated carbocycles. The third-order valence-corrected chi connectivity index (χ3v) is 5.83. The van der Waals surface area contributed by atoms with Gasteiger partial charge in [-0.1, -0.05) is 0 Å². The molecule has 4 heterocycles. The molecule has 0 atom stereocenters. The van der Waals surface area contributed by atoms with Crippen molar-refractivity contribution in [3.63, 3.8) is 0 Å². The Hall–Kier alpha value is -3.66. The van der Waals surface area contributed by atoms with Crippen LogP contribution in [0.4, 0.5) is 11.6 Å². The van der Waals surface area contributed by atoms with Crippen molar-refractivity contribution in [2.75, 3.05) is 17.8 Å². The summed E-state index contributed by atoms with van der Waals surface area (Å²) < 4.78 is 17.6. The number of carbonyl (C=O) groups excluding carboxylic acids is 1. The second-order valence-electron chi connectivity index (χ2n) is 7.06. The Morgan fingerprint density at radius 2 is 2.07 bits per heavy atom. The van der Waals surface area contributed by atoms with Crippen LogP contribution in [-0.4, -0.2) is 23.0 Å². The van der Waals surface area contributed by atoms with E-state index in [1.54, 1.807) is 10.9 Å². The number of benzene rings is 1. The number of rotatable bonds is 4. The number of carbonyl (C=O) groups is 1. The van der Waals surface area contributed by atoms with Crippen LogP contribution in [0.5, 0.6) is 11.5 Å². The number of nitrogens with one attached hydrogen (secondary N) is 1. The molecule has 3 N–H and O–H groups in total. The lowest BCUT2D eigenvalue weighted by Gasteiger charge is -2.03. The van der Waals surface area contributed by atoms with Crippen molar-refractivity contribution in [3.8, 4) is 22.8 Å². The lowest BCUT2D eigenvalue weighted by atomic mass is 10.1. The summed E-state index contributed by atoms with van der Waals surface area (Å²) in [6.07, 6.45) is 1.63. The minimum Gasteiger partial charge on any atom is -0.454 e. The van der Waals surface area contributed by atoms with E-state index in [0.29, 0.717) is 26.9 Å². The first kappa shape index (κ1) is 18.4. The van der Waals surface area contributed by atoms with Gasteiger partial charge < -0.3 is 15.2 Å². The topological polar surface area (TPSA) is 116 Å². The summed E-state index contributed by atoms with van der Waals surface area (Å²) in [5, 5.41) is 7.28. The molecular weight excluding hydrogens is 406 g/mol. The molecule has 0 saturated heterocycles. The summed E-state index contributed by atoms with van der Waals surface area (Å²) in [5.41, 5.74) is 8.25. The van der Waals surface area contributed by atoms with Crippen LogP contribution in [0.2, 0.25) is 0 Å². The summed E-state index contributed by atoms with van der Waals surface area (Å²) in [6.45, 7) is 4.14. The van der Waals surface area contributed by atoms with Crippen LogP contribution >= 0.6 is 11.3 Å². The number of pyridine rings is 1. The zero-order valence-corrected chi connectivity index (χ0v) is 17.0. The number of amides is 1. The summed E-state index contributed by atoms with van der Waals surface area (Å²) >= 11 is 1.23. The first-order valence-corrected chi connectivity index (χ1v) is 10.1. The van der Waals surface area contributed by atoms with Crippen LogP contribution < -0.4 is 25.2 Å². The lowest BCUT2D eigenvalue weighted by Crippen LogP contribution is -2.36. The second kappa shape index (κ2) is 6.99. The fraction of sp³-hybridized carbons (Fsp3) is 0.200. The Kier molecular flexibility index (Phi) is 4.28. The molecule has 152 valence electrons. The number of nitrogens with two attached hydrogens (primary N) is 1. The van der Waals surface area contributed by atoms with Crippen molar-refractivity contribution in [1.29, 1.82) is 0 Å². The maximum absolute atomic E-state index is 12.7. The van der Waals surface area contributed by atoms with E-state index >= 15 is 0 Å². The summed E-state index contributed by atoms with van der Waals surface area (Å²) in [6, 6.07) is 9.51. The molecule has 4 aromatic rings. The van der Waals surface area contributed by atoms with E-state index in [0.717, 1.165) is 16.6 Å². The predicted octanol–water partition coefficient (Wildman–Crippen LogP) is 3.38. The second-order valence-corrected chi connectivity index (χ2v) is 8.06. The molecule has 3 aromatic heterocycles. The van der Waals surface area contributed by atoms with Gasteiger partial charge in [-0.25, -0.2) is 4.98 Å². The molecule has 0 radical (unpaired) electrons. The Balaban J connectivity index is 1.45. The maximum atomic E-state index is 12.7. The highest BCUT2D eigenvalue weighted by atomic mass is 32.1. The SMILES string of the molecule is CC(C)[n+]1cc(NC(=O)c2sc3nc(-c4ccc5c(c4)OCO5)ccc3c2N)on1. The number of fused-ring (bicyclic) bond motifs is 2. The fourth-order valence-electron chi connectivity index (χ4n) is 3.11. The molecule has 0 bridgehead atoms. The van der Waals surface area contributed by atoms with Crippen LogP contribution in [0.25, 0.3) is 21.5 Å². The highest BCUT2D eigenvalue weighted by Gasteiger charge is 2.22. The number of hydrogen-bond acceptors (Lipinski definition) is 8. The lowest BCUT2D eigenvalue weighted by molar-refractivity contribution is -0.779. The first-order chi connectivity index (χ1) is 14.5. The van der Waals surface area contributed by atoms with E-state index in [1.807, 2.05) is 44.2 Å². The molecule has 0 aliphatic carbocycles. The molecule has 5 rings (SSSR count). The Morgan fingerprint density at radius 1 is 1.23 bits per heavy atom. The van der Waals surface area contributed by atoms with E-state index in [1.165, 1.54) is 11.3 Å². The number of nitrogens with zero attached hydrogens (tertiary/aromatic N) is 3. The van der Waals surface area contributed by atoms with Gasteiger partial charge in [-0.05, 0) is 48.9 Å². The standard InChI is InChI=1S/C20H17N5O4S/c1-10(2)25-8-16(29-24-25)23-19(26)18-17(21)12-4-5-13(22-20(12)30-18)11-3-6-14-15(7-11)28-9-27-14/h3-8,10H,9H2,1-2H3,(H2-,21,23,24,26)/p+1. The van der Waals surface area contributed by atoms with E-state index < -0.39 is 0 Å². The quantitative estimate of drug-likeness (QED) is 0.482. The smallest absolute Gasteiger partial charge is 0.302 e. The van der Waals surface area contributed by atoms with Gasteiger partial charge in [-0.15, -0.1) is 11.3 Å². The third kappa shape index (κ3) is 3.11. The van der Waals surface area contributed by atoms with Gasteiger partial charge in [-0.2, -0.15) is 0 Å². The number of aromatic nitrogens is 3. The summed E-state index contributed by atoms with van der Waals surface area (Å²) in [4.78, 5) is 18.5. The fourth-order valence-corrected chi connectivity index (χ4v) is 4.10. The van der Waals surface area contributed by atoms with Crippen molar-refractivity contribution in [3.05, 3.63) is 41.4 Å². The van der Waals surface area contributed by atoms with Crippen molar-refractivity contribution in [1.82, 2.24) is 10.3 Å². The van der Waals surface area contributed by atoms with Gasteiger partial charge in [-0.3, -0.25) is 14.6 Å². The average Bonchev–Trinajstić information content (AvgIpc) is 3.46. The zero-order chi connectivity index (χ0) is 20.8. The maximum Gasteiger partial charge on any atom is 0.302 e. The largest absolute Gasteiger partial charge is 0.454 e. The molecule has 1 amide bonds. The Morgan fingerprint density at radius 3 is 2.87 bits per heavy atom. The molecule has 0 spiro atoms. The minimum atomic E-state index is -0.368. The molecule has 9 nitrogen and oxygen atoms in total. The number of nitrogen functional groups attached to an aromatic ring is 1. The van der Waals surface area contributed by atoms with E-state index in [2.05, 4.69) is 10.6 Å². The van der Waals surface area contributed by atoms with E-state index in [4.69, 9.17) is 24.7 Å². The normalized spacial score (nSPS) is 12.6. The monoisotopic (exact) mass is 424 g/mol. The third-order valence-electron chi connectivity index (χ3n) is 4.72. The van der Waals surface area contributed by atoms with Gasteiger partial charge in [0.25, 0.3) is 12.1 Å². The molecule has 1 aromatic carbocycles. The number of ether oxygens (including phenoxy) is 2. The van der Waals surface area contributed by atoms with E-state index in [-0.39, 0.29) is 24.6 Å². The average molecular weight is 424 g/mol.